The number of sulfonamides is 1. The Hall–Kier alpha value is -3.14. The van der Waals surface area contributed by atoms with Gasteiger partial charge in [0.25, 0.3) is 10.0 Å². The van der Waals surface area contributed by atoms with Crippen LogP contribution in [-0.2, 0) is 26.2 Å². The van der Waals surface area contributed by atoms with E-state index >= 15 is 0 Å². The highest BCUT2D eigenvalue weighted by Crippen LogP contribution is 2.35. The van der Waals surface area contributed by atoms with E-state index in [4.69, 9.17) is 23.2 Å². The Balaban J connectivity index is 2.05. The molecule has 3 rings (SSSR count). The summed E-state index contributed by atoms with van der Waals surface area (Å²) in [6.07, 6.45) is 0.681. The van der Waals surface area contributed by atoms with Crippen molar-refractivity contribution in [3.05, 3.63) is 94.2 Å². The van der Waals surface area contributed by atoms with Crippen molar-refractivity contribution >= 4 is 50.7 Å². The maximum atomic E-state index is 13.9. The van der Waals surface area contributed by atoms with Crippen LogP contribution in [0.3, 0.4) is 0 Å². The van der Waals surface area contributed by atoms with E-state index in [0.29, 0.717) is 12.0 Å². The first-order chi connectivity index (χ1) is 18.4. The first-order valence-corrected chi connectivity index (χ1v) is 14.5. The fourth-order valence-electron chi connectivity index (χ4n) is 3.75. The fraction of sp³-hybridized carbons (Fsp3) is 0.286. The maximum Gasteiger partial charge on any atom is 0.264 e. The van der Waals surface area contributed by atoms with E-state index in [0.717, 1.165) is 4.31 Å². The topological polar surface area (TPSA) is 86.8 Å². The van der Waals surface area contributed by atoms with Crippen molar-refractivity contribution in [3.63, 3.8) is 0 Å². The van der Waals surface area contributed by atoms with Crippen LogP contribution in [0.25, 0.3) is 0 Å². The average Bonchev–Trinajstić information content (AvgIpc) is 2.92. The van der Waals surface area contributed by atoms with Gasteiger partial charge in [-0.05, 0) is 62.2 Å². The van der Waals surface area contributed by atoms with Crippen LogP contribution >= 0.6 is 23.2 Å². The molecule has 0 heterocycles. The van der Waals surface area contributed by atoms with Crippen LogP contribution in [0.5, 0.6) is 0 Å². The van der Waals surface area contributed by atoms with Crippen LogP contribution < -0.4 is 9.62 Å². The predicted molar refractivity (Wildman–Crippen MR) is 152 cm³/mol. The zero-order valence-electron chi connectivity index (χ0n) is 21.8. The van der Waals surface area contributed by atoms with E-state index in [1.807, 2.05) is 13.8 Å². The number of halogens is 3. The molecule has 0 aliphatic carbocycles. The molecule has 0 aliphatic rings. The Kier molecular flexibility index (Phi) is 10.4. The molecule has 0 unspecified atom stereocenters. The van der Waals surface area contributed by atoms with Crippen molar-refractivity contribution in [2.75, 3.05) is 10.8 Å². The van der Waals surface area contributed by atoms with Gasteiger partial charge >= 0.3 is 0 Å². The largest absolute Gasteiger partial charge is 0.352 e. The van der Waals surface area contributed by atoms with Gasteiger partial charge in [0.05, 0.1) is 20.6 Å². The SMILES string of the molecule is CC[C@@H](C)NC(=O)[C@H](C)N(Cc1ccc(F)cc1)C(=O)CN(c1cccc(Cl)c1Cl)S(=O)(=O)c1ccccc1. The van der Waals surface area contributed by atoms with Crippen LogP contribution in [0.1, 0.15) is 32.8 Å². The number of carbonyl (C=O) groups excluding carboxylic acids is 2. The number of nitrogens with one attached hydrogen (secondary N) is 1. The van der Waals surface area contributed by atoms with Crippen LogP contribution in [-0.4, -0.2) is 43.8 Å². The summed E-state index contributed by atoms with van der Waals surface area (Å²) in [5.41, 5.74) is 0.575. The number of benzene rings is 3. The molecule has 0 radical (unpaired) electrons. The van der Waals surface area contributed by atoms with Crippen molar-refractivity contribution < 1.29 is 22.4 Å². The molecule has 0 bridgehead atoms. The van der Waals surface area contributed by atoms with Crippen LogP contribution in [0.15, 0.2) is 77.7 Å². The third-order valence-corrected chi connectivity index (χ3v) is 8.83. The minimum Gasteiger partial charge on any atom is -0.352 e. The summed E-state index contributed by atoms with van der Waals surface area (Å²) in [5, 5.41) is 2.92. The summed E-state index contributed by atoms with van der Waals surface area (Å²) in [7, 11) is -4.28. The molecule has 3 aromatic carbocycles. The second-order valence-corrected chi connectivity index (χ2v) is 11.7. The van der Waals surface area contributed by atoms with Gasteiger partial charge in [0.2, 0.25) is 11.8 Å². The third-order valence-electron chi connectivity index (χ3n) is 6.24. The summed E-state index contributed by atoms with van der Waals surface area (Å²) in [6.45, 7) is 4.59. The number of hydrogen-bond acceptors (Lipinski definition) is 4. The molecular formula is C28H30Cl2FN3O4S. The predicted octanol–water partition coefficient (Wildman–Crippen LogP) is 5.66. The van der Waals surface area contributed by atoms with Gasteiger partial charge in [0.1, 0.15) is 18.4 Å². The first-order valence-electron chi connectivity index (χ1n) is 12.3. The number of carbonyl (C=O) groups is 2. The number of nitrogens with zero attached hydrogens (tertiary/aromatic N) is 2. The van der Waals surface area contributed by atoms with Gasteiger partial charge < -0.3 is 10.2 Å². The molecule has 208 valence electrons. The Bertz CT molecular complexity index is 1410. The lowest BCUT2D eigenvalue weighted by Gasteiger charge is -2.32. The Morgan fingerprint density at radius 3 is 2.21 bits per heavy atom. The second-order valence-electron chi connectivity index (χ2n) is 9.04. The van der Waals surface area contributed by atoms with Gasteiger partial charge in [-0.15, -0.1) is 0 Å². The molecule has 2 atom stereocenters. The summed E-state index contributed by atoms with van der Waals surface area (Å²) < 4.78 is 42.0. The summed E-state index contributed by atoms with van der Waals surface area (Å²) in [5.74, 6) is -1.52. The Morgan fingerprint density at radius 2 is 1.59 bits per heavy atom. The van der Waals surface area contributed by atoms with Crippen molar-refractivity contribution in [3.8, 4) is 0 Å². The van der Waals surface area contributed by atoms with E-state index < -0.39 is 40.2 Å². The minimum atomic E-state index is -4.28. The summed E-state index contributed by atoms with van der Waals surface area (Å²) in [6, 6.07) is 16.5. The van der Waals surface area contributed by atoms with Crippen LogP contribution in [0, 0.1) is 5.82 Å². The zero-order chi connectivity index (χ0) is 28.7. The third kappa shape index (κ3) is 7.50. The number of hydrogen-bond donors (Lipinski definition) is 1. The highest BCUT2D eigenvalue weighted by molar-refractivity contribution is 7.92. The van der Waals surface area contributed by atoms with Gasteiger partial charge in [0, 0.05) is 12.6 Å². The fourth-order valence-corrected chi connectivity index (χ4v) is 5.65. The van der Waals surface area contributed by atoms with Crippen molar-refractivity contribution in [2.24, 2.45) is 0 Å². The molecule has 0 fully saturated rings. The van der Waals surface area contributed by atoms with Gasteiger partial charge in [-0.2, -0.15) is 0 Å². The maximum absolute atomic E-state index is 13.9. The lowest BCUT2D eigenvalue weighted by Crippen LogP contribution is -2.52. The molecule has 1 N–H and O–H groups in total. The molecule has 11 heteroatoms. The van der Waals surface area contributed by atoms with Crippen molar-refractivity contribution in [1.82, 2.24) is 10.2 Å². The van der Waals surface area contributed by atoms with E-state index in [2.05, 4.69) is 5.32 Å². The van der Waals surface area contributed by atoms with E-state index in [1.54, 1.807) is 25.1 Å². The first kappa shape index (κ1) is 30.4. The van der Waals surface area contributed by atoms with Gasteiger partial charge in [-0.1, -0.05) is 66.5 Å². The molecule has 0 spiro atoms. The van der Waals surface area contributed by atoms with Crippen molar-refractivity contribution in [1.29, 1.82) is 0 Å². The monoisotopic (exact) mass is 593 g/mol. The minimum absolute atomic E-state index is 0.0137. The van der Waals surface area contributed by atoms with Crippen molar-refractivity contribution in [2.45, 2.75) is 50.7 Å². The van der Waals surface area contributed by atoms with Gasteiger partial charge in [-0.25, -0.2) is 12.8 Å². The Morgan fingerprint density at radius 1 is 0.949 bits per heavy atom. The lowest BCUT2D eigenvalue weighted by molar-refractivity contribution is -0.139. The normalized spacial score (nSPS) is 12.9. The van der Waals surface area contributed by atoms with Gasteiger partial charge in [-0.3, -0.25) is 13.9 Å². The Labute approximate surface area is 238 Å². The lowest BCUT2D eigenvalue weighted by atomic mass is 10.1. The zero-order valence-corrected chi connectivity index (χ0v) is 24.1. The smallest absolute Gasteiger partial charge is 0.264 e. The highest BCUT2D eigenvalue weighted by atomic mass is 35.5. The molecule has 0 saturated carbocycles. The highest BCUT2D eigenvalue weighted by Gasteiger charge is 2.33. The molecule has 0 aliphatic heterocycles. The summed E-state index contributed by atoms with van der Waals surface area (Å²) >= 11 is 12.6. The molecular weight excluding hydrogens is 564 g/mol. The molecule has 3 aromatic rings. The molecule has 39 heavy (non-hydrogen) atoms. The number of amides is 2. The second kappa shape index (κ2) is 13.3. The van der Waals surface area contributed by atoms with E-state index in [9.17, 15) is 22.4 Å². The molecule has 7 nitrogen and oxygen atoms in total. The van der Waals surface area contributed by atoms with E-state index in [1.165, 1.54) is 59.5 Å². The molecule has 0 saturated heterocycles. The van der Waals surface area contributed by atoms with Crippen LogP contribution in [0.2, 0.25) is 10.0 Å². The molecule has 0 aromatic heterocycles. The standard InChI is InChI=1S/C28H30Cl2FN3O4S/c1-4-19(2)32-28(36)20(3)33(17-21-13-15-22(31)16-14-21)26(35)18-34(25-12-8-11-24(29)27(25)30)39(37,38)23-9-6-5-7-10-23/h5-16,19-20H,4,17-18H2,1-3H3,(H,32,36)/t19-,20+/m1/s1. The molecule has 2 amide bonds. The summed E-state index contributed by atoms with van der Waals surface area (Å²) in [4.78, 5) is 28.1. The average molecular weight is 595 g/mol. The van der Waals surface area contributed by atoms with E-state index in [-0.39, 0.29) is 33.2 Å². The quantitative estimate of drug-likeness (QED) is 0.311. The van der Waals surface area contributed by atoms with Gasteiger partial charge in [0.15, 0.2) is 0 Å². The number of rotatable bonds is 11. The number of anilines is 1. The van der Waals surface area contributed by atoms with Crippen LogP contribution in [0.4, 0.5) is 10.1 Å².